The van der Waals surface area contributed by atoms with Crippen LogP contribution in [0.25, 0.3) is 28.4 Å². The van der Waals surface area contributed by atoms with Gasteiger partial charge >= 0.3 is 0 Å². The second-order valence-corrected chi connectivity index (χ2v) is 8.16. The van der Waals surface area contributed by atoms with Crippen molar-refractivity contribution in [2.45, 2.75) is 32.9 Å². The highest BCUT2D eigenvalue weighted by Crippen LogP contribution is 2.30. The number of benzene rings is 1. The average Bonchev–Trinajstić information content (AvgIpc) is 2.78. The molecule has 0 amide bonds. The van der Waals surface area contributed by atoms with E-state index >= 15 is 0 Å². The molecule has 0 aliphatic rings. The number of nitrogens with zero attached hydrogens (tertiary/aromatic N) is 4. The van der Waals surface area contributed by atoms with Crippen LogP contribution in [-0.2, 0) is 12.1 Å². The van der Waals surface area contributed by atoms with E-state index in [9.17, 15) is 9.50 Å². The third kappa shape index (κ3) is 4.33. The molecule has 0 aliphatic carbocycles. The predicted molar refractivity (Wildman–Crippen MR) is 124 cm³/mol. The molecule has 6 nitrogen and oxygen atoms in total. The second-order valence-electron chi connectivity index (χ2n) is 8.16. The monoisotopic (exact) mass is 429 g/mol. The molecule has 7 heteroatoms. The molecule has 3 aromatic heterocycles. The second kappa shape index (κ2) is 8.43. The van der Waals surface area contributed by atoms with Crippen LogP contribution in [0.15, 0.2) is 55.5 Å². The molecule has 32 heavy (non-hydrogen) atoms. The van der Waals surface area contributed by atoms with Crippen molar-refractivity contribution in [3.8, 4) is 11.3 Å². The van der Waals surface area contributed by atoms with E-state index in [1.165, 1.54) is 18.5 Å². The van der Waals surface area contributed by atoms with Crippen molar-refractivity contribution in [3.05, 3.63) is 83.8 Å². The zero-order chi connectivity index (χ0) is 22.9. The topological polar surface area (TPSA) is 83.8 Å². The van der Waals surface area contributed by atoms with Crippen LogP contribution in [0.5, 0.6) is 0 Å². The van der Waals surface area contributed by atoms with E-state index in [0.29, 0.717) is 23.1 Å². The third-order valence-electron chi connectivity index (χ3n) is 5.11. The first kappa shape index (κ1) is 21.5. The number of rotatable bonds is 6. The molecule has 0 spiro atoms. The Hall–Kier alpha value is -3.71. The molecule has 0 radical (unpaired) electrons. The standard InChI is InChI=1S/C25H24FN5O/c1-5-16-7-6-8-17(9-16)12-28-21-15(2)11-27-20-10-19(26)22(31-23(20)21)18-13-29-24(30-14-18)25(3,4)32/h5-11,13-14,32H,1,12H2,2-4H3,(H,27,28). The van der Waals surface area contributed by atoms with E-state index in [1.54, 1.807) is 26.1 Å². The molecule has 162 valence electrons. The van der Waals surface area contributed by atoms with Crippen LogP contribution >= 0.6 is 0 Å². The fraction of sp³-hybridized carbons (Fsp3) is 0.200. The summed E-state index contributed by atoms with van der Waals surface area (Å²) >= 11 is 0. The molecule has 2 N–H and O–H groups in total. The Morgan fingerprint density at radius 1 is 1.12 bits per heavy atom. The molecule has 4 aromatic rings. The molecule has 0 saturated carbocycles. The number of aromatic nitrogens is 4. The van der Waals surface area contributed by atoms with Gasteiger partial charge in [0.05, 0.1) is 11.2 Å². The Morgan fingerprint density at radius 2 is 1.88 bits per heavy atom. The third-order valence-corrected chi connectivity index (χ3v) is 5.11. The maximum absolute atomic E-state index is 14.9. The Morgan fingerprint density at radius 3 is 2.56 bits per heavy atom. The van der Waals surface area contributed by atoms with Gasteiger partial charge in [-0.2, -0.15) is 0 Å². The van der Waals surface area contributed by atoms with Gasteiger partial charge in [0.15, 0.2) is 11.6 Å². The average molecular weight is 429 g/mol. The van der Waals surface area contributed by atoms with E-state index < -0.39 is 11.4 Å². The number of aryl methyl sites for hydroxylation is 1. The summed E-state index contributed by atoms with van der Waals surface area (Å²) in [4.78, 5) is 17.3. The lowest BCUT2D eigenvalue weighted by Crippen LogP contribution is -2.19. The van der Waals surface area contributed by atoms with Crippen LogP contribution in [0.3, 0.4) is 0 Å². The Bertz CT molecular complexity index is 1300. The summed E-state index contributed by atoms with van der Waals surface area (Å²) < 4.78 is 14.9. The van der Waals surface area contributed by atoms with Crippen molar-refractivity contribution >= 4 is 22.8 Å². The fourth-order valence-corrected chi connectivity index (χ4v) is 3.39. The Kier molecular flexibility index (Phi) is 5.67. The molecule has 1 aromatic carbocycles. The first-order valence-electron chi connectivity index (χ1n) is 10.2. The van der Waals surface area contributed by atoms with Crippen molar-refractivity contribution in [1.29, 1.82) is 0 Å². The maximum Gasteiger partial charge on any atom is 0.159 e. The minimum Gasteiger partial charge on any atom is -0.382 e. The number of anilines is 1. The molecule has 0 aliphatic heterocycles. The van der Waals surface area contributed by atoms with E-state index in [0.717, 1.165) is 22.4 Å². The zero-order valence-electron chi connectivity index (χ0n) is 18.2. The van der Waals surface area contributed by atoms with Gasteiger partial charge in [-0.15, -0.1) is 0 Å². The number of fused-ring (bicyclic) bond motifs is 1. The van der Waals surface area contributed by atoms with Crippen molar-refractivity contribution in [2.75, 3.05) is 5.32 Å². The Balaban J connectivity index is 1.74. The molecule has 4 rings (SSSR count). The van der Waals surface area contributed by atoms with Crippen molar-refractivity contribution in [2.24, 2.45) is 0 Å². The van der Waals surface area contributed by atoms with Crippen molar-refractivity contribution < 1.29 is 9.50 Å². The molecule has 3 heterocycles. The first-order chi connectivity index (χ1) is 15.3. The molecule has 0 atom stereocenters. The van der Waals surface area contributed by atoms with Gasteiger partial charge < -0.3 is 10.4 Å². The largest absolute Gasteiger partial charge is 0.382 e. The van der Waals surface area contributed by atoms with Gasteiger partial charge in [-0.05, 0) is 37.5 Å². The molecule has 0 bridgehead atoms. The molecule has 0 fully saturated rings. The highest BCUT2D eigenvalue weighted by molar-refractivity contribution is 5.90. The summed E-state index contributed by atoms with van der Waals surface area (Å²) in [5.74, 6) is -0.262. The summed E-state index contributed by atoms with van der Waals surface area (Å²) in [6.07, 6.45) is 6.44. The smallest absolute Gasteiger partial charge is 0.159 e. The Labute approximate surface area is 185 Å². The predicted octanol–water partition coefficient (Wildman–Crippen LogP) is 5.02. The van der Waals surface area contributed by atoms with Crippen molar-refractivity contribution in [3.63, 3.8) is 0 Å². The SMILES string of the molecule is C=Cc1cccc(CNc2c(C)cnc3cc(F)c(-c4cnc(C(C)(C)O)nc4)nc23)c1. The molecular formula is C25H24FN5O. The summed E-state index contributed by atoms with van der Waals surface area (Å²) in [5, 5.41) is 13.5. The van der Waals surface area contributed by atoms with Gasteiger partial charge in [0, 0.05) is 36.8 Å². The number of hydrogen-bond donors (Lipinski definition) is 2. The first-order valence-corrected chi connectivity index (χ1v) is 10.2. The minimum absolute atomic E-state index is 0.129. The summed E-state index contributed by atoms with van der Waals surface area (Å²) in [5.41, 5.74) is 4.19. The van der Waals surface area contributed by atoms with Gasteiger partial charge in [0.1, 0.15) is 16.8 Å². The summed E-state index contributed by atoms with van der Waals surface area (Å²) in [6.45, 7) is 9.50. The van der Waals surface area contributed by atoms with E-state index in [-0.39, 0.29) is 11.5 Å². The fourth-order valence-electron chi connectivity index (χ4n) is 3.39. The van der Waals surface area contributed by atoms with Gasteiger partial charge in [-0.25, -0.2) is 19.3 Å². The van der Waals surface area contributed by atoms with Crippen LogP contribution in [0.4, 0.5) is 10.1 Å². The lowest BCUT2D eigenvalue weighted by Gasteiger charge is -2.16. The van der Waals surface area contributed by atoms with Crippen LogP contribution in [0.1, 0.15) is 36.4 Å². The van der Waals surface area contributed by atoms with Crippen LogP contribution < -0.4 is 5.32 Å². The van der Waals surface area contributed by atoms with Gasteiger partial charge in [-0.3, -0.25) is 4.98 Å². The summed E-state index contributed by atoms with van der Waals surface area (Å²) in [6, 6.07) is 9.42. The van der Waals surface area contributed by atoms with E-state index in [1.807, 2.05) is 25.1 Å². The maximum atomic E-state index is 14.9. The number of pyridine rings is 2. The lowest BCUT2D eigenvalue weighted by atomic mass is 10.1. The van der Waals surface area contributed by atoms with Crippen LogP contribution in [0, 0.1) is 12.7 Å². The highest BCUT2D eigenvalue weighted by Gasteiger charge is 2.20. The van der Waals surface area contributed by atoms with Crippen LogP contribution in [0.2, 0.25) is 0 Å². The van der Waals surface area contributed by atoms with Crippen LogP contribution in [-0.4, -0.2) is 25.0 Å². The summed E-state index contributed by atoms with van der Waals surface area (Å²) in [7, 11) is 0. The quantitative estimate of drug-likeness (QED) is 0.448. The molecule has 0 unspecified atom stereocenters. The molecular weight excluding hydrogens is 405 g/mol. The number of nitrogens with one attached hydrogen (secondary N) is 1. The number of halogens is 1. The van der Waals surface area contributed by atoms with E-state index in [2.05, 4.69) is 37.9 Å². The van der Waals surface area contributed by atoms with Gasteiger partial charge in [0.25, 0.3) is 0 Å². The van der Waals surface area contributed by atoms with E-state index in [4.69, 9.17) is 0 Å². The number of aliphatic hydroxyl groups is 1. The number of hydrogen-bond acceptors (Lipinski definition) is 6. The normalized spacial score (nSPS) is 11.5. The van der Waals surface area contributed by atoms with Gasteiger partial charge in [0.2, 0.25) is 0 Å². The molecule has 0 saturated heterocycles. The highest BCUT2D eigenvalue weighted by atomic mass is 19.1. The minimum atomic E-state index is -1.19. The van der Waals surface area contributed by atoms with Crippen molar-refractivity contribution in [1.82, 2.24) is 19.9 Å². The lowest BCUT2D eigenvalue weighted by molar-refractivity contribution is 0.0687. The van der Waals surface area contributed by atoms with Gasteiger partial charge in [-0.1, -0.05) is 36.9 Å². The zero-order valence-corrected chi connectivity index (χ0v) is 18.2.